The molecule has 7 nitrogen and oxygen atoms in total. The Morgan fingerprint density at radius 1 is 1.37 bits per heavy atom. The fraction of sp³-hybridized carbons (Fsp3) is 0.500. The Bertz CT molecular complexity index is 865. The first-order valence-electron chi connectivity index (χ1n) is 9.44. The zero-order valence-electron chi connectivity index (χ0n) is 15.9. The summed E-state index contributed by atoms with van der Waals surface area (Å²) >= 11 is 0. The van der Waals surface area contributed by atoms with E-state index in [2.05, 4.69) is 27.7 Å². The molecule has 1 saturated carbocycles. The smallest absolute Gasteiger partial charge is 0.358 e. The number of esters is 1. The number of anilines is 1. The normalized spacial score (nSPS) is 20.4. The first kappa shape index (κ1) is 17.7. The average Bonchev–Trinajstić information content (AvgIpc) is 3.05. The molecular weight excluding hydrogens is 342 g/mol. The van der Waals surface area contributed by atoms with Crippen LogP contribution in [0.5, 0.6) is 0 Å². The van der Waals surface area contributed by atoms with Crippen LogP contribution in [0.2, 0.25) is 0 Å². The molecule has 2 unspecified atom stereocenters. The van der Waals surface area contributed by atoms with E-state index >= 15 is 0 Å². The van der Waals surface area contributed by atoms with Gasteiger partial charge in [0.15, 0.2) is 5.69 Å². The number of aromatic nitrogens is 3. The van der Waals surface area contributed by atoms with E-state index in [1.807, 2.05) is 11.5 Å². The number of nitrogens with zero attached hydrogens (tertiary/aromatic N) is 5. The lowest BCUT2D eigenvalue weighted by Crippen LogP contribution is -2.25. The highest BCUT2D eigenvalue weighted by Crippen LogP contribution is 2.46. The van der Waals surface area contributed by atoms with Crippen LogP contribution in [0, 0.1) is 18.8 Å². The minimum absolute atomic E-state index is 0.323. The topological polar surface area (TPSA) is 72.6 Å². The quantitative estimate of drug-likeness (QED) is 0.555. The monoisotopic (exact) mass is 367 g/mol. The number of aryl methyl sites for hydroxylation is 1. The molecule has 2 aromatic heterocycles. The number of fused-ring (bicyclic) bond motifs is 1. The summed E-state index contributed by atoms with van der Waals surface area (Å²) in [6.45, 7) is 11.2. The van der Waals surface area contributed by atoms with Gasteiger partial charge in [-0.15, -0.1) is 0 Å². The second-order valence-electron chi connectivity index (χ2n) is 7.41. The number of piperidine rings is 1. The first-order chi connectivity index (χ1) is 13.1. The molecule has 142 valence electrons. The predicted octanol–water partition coefficient (Wildman–Crippen LogP) is 2.47. The molecule has 2 aromatic rings. The summed E-state index contributed by atoms with van der Waals surface area (Å²) in [5.74, 6) is 2.35. The summed E-state index contributed by atoms with van der Waals surface area (Å²) in [6.07, 6.45) is 4.73. The highest BCUT2D eigenvalue weighted by Gasteiger charge is 2.45. The maximum atomic E-state index is 11.8. The second-order valence-corrected chi connectivity index (χ2v) is 7.41. The van der Waals surface area contributed by atoms with Crippen molar-refractivity contribution in [3.05, 3.63) is 41.1 Å². The molecule has 1 aliphatic carbocycles. The molecule has 4 rings (SSSR count). The first-order valence-corrected chi connectivity index (χ1v) is 9.44. The van der Waals surface area contributed by atoms with Gasteiger partial charge in [0.2, 0.25) is 0 Å². The molecule has 2 aliphatic rings. The lowest BCUT2D eigenvalue weighted by Gasteiger charge is -2.23. The van der Waals surface area contributed by atoms with E-state index in [-0.39, 0.29) is 0 Å². The largest absolute Gasteiger partial charge is 0.461 e. The molecule has 0 spiro atoms. The predicted molar refractivity (Wildman–Crippen MR) is 103 cm³/mol. The van der Waals surface area contributed by atoms with E-state index in [0.717, 1.165) is 47.6 Å². The molecule has 27 heavy (non-hydrogen) atoms. The molecule has 0 bridgehead atoms. The van der Waals surface area contributed by atoms with Crippen molar-refractivity contribution in [1.29, 1.82) is 0 Å². The molecule has 0 aromatic carbocycles. The number of imidazole rings is 1. The van der Waals surface area contributed by atoms with Crippen molar-refractivity contribution >= 4 is 18.5 Å². The Morgan fingerprint density at radius 2 is 2.15 bits per heavy atom. The minimum atomic E-state index is -0.398. The Hall–Kier alpha value is -2.70. The molecule has 0 amide bonds. The van der Waals surface area contributed by atoms with Crippen LogP contribution in [0.1, 0.15) is 40.7 Å². The van der Waals surface area contributed by atoms with Gasteiger partial charge in [0.05, 0.1) is 26.0 Å². The van der Waals surface area contributed by atoms with E-state index < -0.39 is 5.97 Å². The van der Waals surface area contributed by atoms with Crippen LogP contribution < -0.4 is 4.90 Å². The van der Waals surface area contributed by atoms with Crippen LogP contribution in [0.15, 0.2) is 23.6 Å². The van der Waals surface area contributed by atoms with Gasteiger partial charge < -0.3 is 14.2 Å². The Balaban J connectivity index is 1.56. The summed E-state index contributed by atoms with van der Waals surface area (Å²) in [6, 6.07) is 2.17. The van der Waals surface area contributed by atoms with Gasteiger partial charge in [-0.25, -0.2) is 14.8 Å². The highest BCUT2D eigenvalue weighted by atomic mass is 16.5. The zero-order chi connectivity index (χ0) is 19.0. The van der Waals surface area contributed by atoms with E-state index in [1.54, 1.807) is 19.4 Å². The van der Waals surface area contributed by atoms with Crippen LogP contribution in [0.4, 0.5) is 5.82 Å². The number of carbonyl (C=O) groups is 1. The summed E-state index contributed by atoms with van der Waals surface area (Å²) in [7, 11) is 0. The fourth-order valence-electron chi connectivity index (χ4n) is 3.88. The van der Waals surface area contributed by atoms with Crippen LogP contribution in [0.3, 0.4) is 0 Å². The molecule has 3 heterocycles. The van der Waals surface area contributed by atoms with Crippen molar-refractivity contribution in [1.82, 2.24) is 14.5 Å². The number of hydrogen-bond donors (Lipinski definition) is 0. The third-order valence-electron chi connectivity index (χ3n) is 5.41. The SMILES string of the molecule is C=NCc1cc(Cn2cnc(C(=O)OCC)c2)c(C)nc1N1CC2CC2C1. The van der Waals surface area contributed by atoms with Crippen molar-refractivity contribution < 1.29 is 9.53 Å². The molecule has 2 fully saturated rings. The van der Waals surface area contributed by atoms with Crippen LogP contribution >= 0.6 is 0 Å². The molecule has 1 aliphatic heterocycles. The number of ether oxygens (including phenoxy) is 1. The van der Waals surface area contributed by atoms with Gasteiger partial charge in [0.25, 0.3) is 0 Å². The lowest BCUT2D eigenvalue weighted by atomic mass is 10.1. The van der Waals surface area contributed by atoms with Crippen molar-refractivity contribution in [3.8, 4) is 0 Å². The maximum absolute atomic E-state index is 11.8. The number of hydrogen-bond acceptors (Lipinski definition) is 6. The third kappa shape index (κ3) is 3.59. The fourth-order valence-corrected chi connectivity index (χ4v) is 3.88. The van der Waals surface area contributed by atoms with Gasteiger partial charge >= 0.3 is 5.97 Å². The van der Waals surface area contributed by atoms with Crippen molar-refractivity contribution in [2.45, 2.75) is 33.4 Å². The maximum Gasteiger partial charge on any atom is 0.358 e. The Morgan fingerprint density at radius 3 is 2.85 bits per heavy atom. The molecular formula is C20H25N5O2. The number of pyridine rings is 1. The van der Waals surface area contributed by atoms with Crippen molar-refractivity contribution in [2.24, 2.45) is 16.8 Å². The van der Waals surface area contributed by atoms with Crippen LogP contribution in [-0.4, -0.2) is 46.9 Å². The summed E-state index contributed by atoms with van der Waals surface area (Å²) in [5.41, 5.74) is 3.51. The Labute approximate surface area is 159 Å². The standard InChI is InChI=1S/C20H25N5O2/c1-4-27-20(26)18-11-24(12-22-18)8-15-5-14(7-21-3)19(23-13(15)2)25-9-16-6-17(16)10-25/h5,11-12,16-17H,3-4,6-10H2,1-2H3. The van der Waals surface area contributed by atoms with E-state index in [4.69, 9.17) is 9.72 Å². The van der Waals surface area contributed by atoms with E-state index in [1.165, 1.54) is 6.42 Å². The molecule has 1 saturated heterocycles. The second kappa shape index (κ2) is 7.13. The van der Waals surface area contributed by atoms with Gasteiger partial charge in [-0.1, -0.05) is 0 Å². The number of rotatable bonds is 7. The van der Waals surface area contributed by atoms with Crippen LogP contribution in [-0.2, 0) is 17.8 Å². The summed E-state index contributed by atoms with van der Waals surface area (Å²) in [5, 5.41) is 0. The molecule has 0 radical (unpaired) electrons. The van der Waals surface area contributed by atoms with Crippen LogP contribution in [0.25, 0.3) is 0 Å². The third-order valence-corrected chi connectivity index (χ3v) is 5.41. The lowest BCUT2D eigenvalue weighted by molar-refractivity contribution is 0.0520. The van der Waals surface area contributed by atoms with Gasteiger partial charge in [-0.05, 0) is 50.5 Å². The summed E-state index contributed by atoms with van der Waals surface area (Å²) < 4.78 is 6.88. The van der Waals surface area contributed by atoms with Gasteiger partial charge in [-0.3, -0.25) is 4.99 Å². The molecule has 7 heteroatoms. The van der Waals surface area contributed by atoms with Gasteiger partial charge in [-0.2, -0.15) is 0 Å². The van der Waals surface area contributed by atoms with E-state index in [0.29, 0.717) is 25.4 Å². The number of carbonyl (C=O) groups excluding carboxylic acids is 1. The van der Waals surface area contributed by atoms with Gasteiger partial charge in [0.1, 0.15) is 5.82 Å². The average molecular weight is 367 g/mol. The number of aliphatic imine (C=N–C) groups is 1. The Kier molecular flexibility index (Phi) is 4.68. The minimum Gasteiger partial charge on any atom is -0.461 e. The summed E-state index contributed by atoms with van der Waals surface area (Å²) in [4.78, 5) is 27.3. The molecule has 2 atom stereocenters. The molecule has 0 N–H and O–H groups in total. The van der Waals surface area contributed by atoms with E-state index in [9.17, 15) is 4.79 Å². The van der Waals surface area contributed by atoms with Crippen molar-refractivity contribution in [3.63, 3.8) is 0 Å². The van der Waals surface area contributed by atoms with Gasteiger partial charge in [0, 0.05) is 30.5 Å². The van der Waals surface area contributed by atoms with Crippen molar-refractivity contribution in [2.75, 3.05) is 24.6 Å². The highest BCUT2D eigenvalue weighted by molar-refractivity contribution is 5.86. The zero-order valence-corrected chi connectivity index (χ0v) is 15.9.